The Bertz CT molecular complexity index is 496. The standard InChI is InChI=1S/C10H9BrN2OS/c1-6-5-12-13(2)8(6)9(14)10-7(11)3-4-15-10/h3-5H,1-2H3. The Morgan fingerprint density at radius 3 is 2.80 bits per heavy atom. The molecule has 2 rings (SSSR count). The molecule has 0 amide bonds. The van der Waals surface area contributed by atoms with Gasteiger partial charge in [-0.2, -0.15) is 5.10 Å². The van der Waals surface area contributed by atoms with Crippen LogP contribution in [0.25, 0.3) is 0 Å². The van der Waals surface area contributed by atoms with Crippen LogP contribution in [-0.2, 0) is 7.05 Å². The Morgan fingerprint density at radius 1 is 1.60 bits per heavy atom. The number of thiophene rings is 1. The molecule has 0 aliphatic heterocycles. The quantitative estimate of drug-likeness (QED) is 0.795. The first-order valence-electron chi connectivity index (χ1n) is 4.37. The zero-order valence-electron chi connectivity index (χ0n) is 8.32. The van der Waals surface area contributed by atoms with Gasteiger partial charge >= 0.3 is 0 Å². The van der Waals surface area contributed by atoms with Gasteiger partial charge in [0.25, 0.3) is 0 Å². The molecule has 0 saturated carbocycles. The Hall–Kier alpha value is -0.940. The fourth-order valence-corrected chi connectivity index (χ4v) is 2.93. The van der Waals surface area contributed by atoms with Gasteiger partial charge in [0.05, 0.1) is 11.1 Å². The number of aromatic nitrogens is 2. The van der Waals surface area contributed by atoms with Crippen LogP contribution in [0.5, 0.6) is 0 Å². The van der Waals surface area contributed by atoms with Crippen molar-refractivity contribution in [3.63, 3.8) is 0 Å². The molecule has 2 aromatic heterocycles. The topological polar surface area (TPSA) is 34.9 Å². The number of ketones is 1. The van der Waals surface area contributed by atoms with Crippen molar-refractivity contribution in [2.24, 2.45) is 7.05 Å². The molecule has 0 bridgehead atoms. The summed E-state index contributed by atoms with van der Waals surface area (Å²) in [7, 11) is 1.78. The van der Waals surface area contributed by atoms with Crippen molar-refractivity contribution in [1.82, 2.24) is 9.78 Å². The zero-order chi connectivity index (χ0) is 11.0. The molecule has 5 heteroatoms. The van der Waals surface area contributed by atoms with Crippen LogP contribution in [0.4, 0.5) is 0 Å². The third-order valence-electron chi connectivity index (χ3n) is 2.16. The molecular weight excluding hydrogens is 276 g/mol. The van der Waals surface area contributed by atoms with Crippen LogP contribution in [0.15, 0.2) is 22.1 Å². The predicted molar refractivity (Wildman–Crippen MR) is 63.4 cm³/mol. The van der Waals surface area contributed by atoms with Crippen molar-refractivity contribution in [1.29, 1.82) is 0 Å². The molecule has 0 fully saturated rings. The first kappa shape index (κ1) is 10.6. The molecule has 0 spiro atoms. The van der Waals surface area contributed by atoms with E-state index in [2.05, 4.69) is 21.0 Å². The fourth-order valence-electron chi connectivity index (χ4n) is 1.44. The number of carbonyl (C=O) groups excluding carboxylic acids is 1. The number of nitrogens with zero attached hydrogens (tertiary/aromatic N) is 2. The number of aryl methyl sites for hydroxylation is 2. The molecule has 78 valence electrons. The van der Waals surface area contributed by atoms with Gasteiger partial charge in [-0.1, -0.05) is 0 Å². The van der Waals surface area contributed by atoms with E-state index in [1.807, 2.05) is 18.4 Å². The van der Waals surface area contributed by atoms with Crippen LogP contribution >= 0.6 is 27.3 Å². The molecule has 15 heavy (non-hydrogen) atoms. The van der Waals surface area contributed by atoms with Gasteiger partial charge in [-0.15, -0.1) is 11.3 Å². The van der Waals surface area contributed by atoms with Gasteiger partial charge < -0.3 is 0 Å². The summed E-state index contributed by atoms with van der Waals surface area (Å²) in [5.41, 5.74) is 1.56. The average molecular weight is 285 g/mol. The number of hydrogen-bond donors (Lipinski definition) is 0. The monoisotopic (exact) mass is 284 g/mol. The molecule has 0 N–H and O–H groups in total. The van der Waals surface area contributed by atoms with Crippen LogP contribution in [0.3, 0.4) is 0 Å². The summed E-state index contributed by atoms with van der Waals surface area (Å²) in [5.74, 6) is 0.0226. The van der Waals surface area contributed by atoms with Crippen molar-refractivity contribution >= 4 is 33.0 Å². The summed E-state index contributed by atoms with van der Waals surface area (Å²) < 4.78 is 2.46. The lowest BCUT2D eigenvalue weighted by Crippen LogP contribution is -2.08. The number of carbonyl (C=O) groups is 1. The highest BCUT2D eigenvalue weighted by molar-refractivity contribution is 9.10. The predicted octanol–water partition coefficient (Wildman–Crippen LogP) is 2.78. The molecule has 3 nitrogen and oxygen atoms in total. The van der Waals surface area contributed by atoms with Crippen LogP contribution < -0.4 is 0 Å². The normalized spacial score (nSPS) is 10.6. The highest BCUT2D eigenvalue weighted by Crippen LogP contribution is 2.26. The molecule has 0 unspecified atom stereocenters. The number of hydrogen-bond acceptors (Lipinski definition) is 3. The van der Waals surface area contributed by atoms with Crippen molar-refractivity contribution in [2.75, 3.05) is 0 Å². The number of rotatable bonds is 2. The largest absolute Gasteiger partial charge is 0.286 e. The molecule has 0 aliphatic rings. The highest BCUT2D eigenvalue weighted by atomic mass is 79.9. The van der Waals surface area contributed by atoms with Crippen molar-refractivity contribution in [3.8, 4) is 0 Å². The van der Waals surface area contributed by atoms with Gasteiger partial charge in [-0.3, -0.25) is 9.48 Å². The summed E-state index contributed by atoms with van der Waals surface area (Å²) in [5, 5.41) is 5.95. The van der Waals surface area contributed by atoms with E-state index in [-0.39, 0.29) is 5.78 Å². The summed E-state index contributed by atoms with van der Waals surface area (Å²) in [6, 6.07) is 1.88. The van der Waals surface area contributed by atoms with E-state index >= 15 is 0 Å². The maximum Gasteiger partial charge on any atom is 0.222 e. The first-order valence-corrected chi connectivity index (χ1v) is 6.05. The minimum Gasteiger partial charge on any atom is -0.286 e. The number of halogens is 1. The maximum absolute atomic E-state index is 12.2. The molecule has 2 aromatic rings. The molecule has 0 atom stereocenters. The summed E-state index contributed by atoms with van der Waals surface area (Å²) in [6.45, 7) is 1.89. The van der Waals surface area contributed by atoms with Crippen molar-refractivity contribution < 1.29 is 4.79 Å². The minimum absolute atomic E-state index is 0.0226. The van der Waals surface area contributed by atoms with Gasteiger partial charge in [-0.05, 0) is 39.9 Å². The Kier molecular flexibility index (Phi) is 2.75. The van der Waals surface area contributed by atoms with Crippen LogP contribution in [-0.4, -0.2) is 15.6 Å². The second-order valence-corrected chi connectivity index (χ2v) is 5.00. The molecule has 0 radical (unpaired) electrons. The third-order valence-corrected chi connectivity index (χ3v) is 4.00. The average Bonchev–Trinajstić information content (AvgIpc) is 2.73. The maximum atomic E-state index is 12.2. The minimum atomic E-state index is 0.0226. The summed E-state index contributed by atoms with van der Waals surface area (Å²) in [6.07, 6.45) is 1.70. The molecular formula is C10H9BrN2OS. The van der Waals surface area contributed by atoms with E-state index in [1.165, 1.54) is 11.3 Å². The lowest BCUT2D eigenvalue weighted by Gasteiger charge is -2.01. The van der Waals surface area contributed by atoms with E-state index in [9.17, 15) is 4.79 Å². The molecule has 0 saturated heterocycles. The molecule has 0 aromatic carbocycles. The smallest absolute Gasteiger partial charge is 0.222 e. The van der Waals surface area contributed by atoms with Gasteiger partial charge in [0, 0.05) is 11.5 Å². The lowest BCUT2D eigenvalue weighted by atomic mass is 10.2. The zero-order valence-corrected chi connectivity index (χ0v) is 10.7. The van der Waals surface area contributed by atoms with E-state index in [0.717, 1.165) is 14.9 Å². The SMILES string of the molecule is Cc1cnn(C)c1C(=O)c1sccc1Br. The summed E-state index contributed by atoms with van der Waals surface area (Å²) >= 11 is 4.80. The van der Waals surface area contributed by atoms with Crippen molar-refractivity contribution in [2.45, 2.75) is 6.92 Å². The Morgan fingerprint density at radius 2 is 2.33 bits per heavy atom. The van der Waals surface area contributed by atoms with Crippen LogP contribution in [0.2, 0.25) is 0 Å². The Labute approximate surface area is 99.9 Å². The lowest BCUT2D eigenvalue weighted by molar-refractivity contribution is 0.103. The van der Waals surface area contributed by atoms with Gasteiger partial charge in [-0.25, -0.2) is 0 Å². The van der Waals surface area contributed by atoms with E-state index < -0.39 is 0 Å². The second kappa shape index (κ2) is 3.90. The van der Waals surface area contributed by atoms with E-state index in [1.54, 1.807) is 17.9 Å². The highest BCUT2D eigenvalue weighted by Gasteiger charge is 2.19. The van der Waals surface area contributed by atoms with Crippen LogP contribution in [0, 0.1) is 6.92 Å². The molecule has 0 aliphatic carbocycles. The third kappa shape index (κ3) is 1.77. The first-order chi connectivity index (χ1) is 7.11. The van der Waals surface area contributed by atoms with Crippen LogP contribution in [0.1, 0.15) is 20.9 Å². The van der Waals surface area contributed by atoms with Crippen molar-refractivity contribution in [3.05, 3.63) is 38.3 Å². The van der Waals surface area contributed by atoms with Gasteiger partial charge in [0.1, 0.15) is 5.69 Å². The molecule has 2 heterocycles. The Balaban J connectivity index is 2.50. The second-order valence-electron chi connectivity index (χ2n) is 3.23. The van der Waals surface area contributed by atoms with E-state index in [0.29, 0.717) is 5.69 Å². The van der Waals surface area contributed by atoms with E-state index in [4.69, 9.17) is 0 Å². The van der Waals surface area contributed by atoms with Gasteiger partial charge in [0.2, 0.25) is 5.78 Å². The fraction of sp³-hybridized carbons (Fsp3) is 0.200. The van der Waals surface area contributed by atoms with Gasteiger partial charge in [0.15, 0.2) is 0 Å². The summed E-state index contributed by atoms with van der Waals surface area (Å²) in [4.78, 5) is 12.9.